The van der Waals surface area contributed by atoms with Crippen LogP contribution in [-0.2, 0) is 0 Å². The largest absolute Gasteiger partial charge is 0.494 e. The Hall–Kier alpha value is -1.13. The molecule has 0 radical (unpaired) electrons. The molecule has 0 fully saturated rings. The molecule has 0 bridgehead atoms. The first-order chi connectivity index (χ1) is 9.65. The van der Waals surface area contributed by atoms with Gasteiger partial charge in [0.15, 0.2) is 0 Å². The average Bonchev–Trinajstić information content (AvgIpc) is 2.41. The Morgan fingerprint density at radius 3 is 2.80 bits per heavy atom. The van der Waals surface area contributed by atoms with Gasteiger partial charge in [0.05, 0.1) is 6.61 Å². The molecule has 0 spiro atoms. The smallest absolute Gasteiger partial charge is 0.119 e. The summed E-state index contributed by atoms with van der Waals surface area (Å²) < 4.78 is 6.79. The van der Waals surface area contributed by atoms with Gasteiger partial charge in [0.1, 0.15) is 5.75 Å². The number of ether oxygens (including phenoxy) is 1. The summed E-state index contributed by atoms with van der Waals surface area (Å²) in [5.74, 6) is 1.97. The number of anilines is 1. The molecule has 2 N–H and O–H groups in total. The second-order valence-electron chi connectivity index (χ2n) is 4.56. The zero-order valence-electron chi connectivity index (χ0n) is 11.4. The predicted molar refractivity (Wildman–Crippen MR) is 90.6 cm³/mol. The molecule has 0 saturated carbocycles. The second kappa shape index (κ2) is 7.60. The first-order valence-electron chi connectivity index (χ1n) is 6.52. The lowest BCUT2D eigenvalue weighted by Crippen LogP contribution is -1.98. The molecular formula is C16H18BrNOS. The first-order valence-corrected chi connectivity index (χ1v) is 8.30. The lowest BCUT2D eigenvalue weighted by atomic mass is 10.2. The van der Waals surface area contributed by atoms with Crippen molar-refractivity contribution in [3.8, 4) is 5.75 Å². The summed E-state index contributed by atoms with van der Waals surface area (Å²) >= 11 is 5.34. The van der Waals surface area contributed by atoms with Gasteiger partial charge in [-0.2, -0.15) is 0 Å². The van der Waals surface area contributed by atoms with Gasteiger partial charge in [0, 0.05) is 20.8 Å². The fraction of sp³-hybridized carbons (Fsp3) is 0.250. The van der Waals surface area contributed by atoms with Crippen LogP contribution in [0, 0.1) is 6.92 Å². The van der Waals surface area contributed by atoms with Crippen LogP contribution in [0.3, 0.4) is 0 Å². The van der Waals surface area contributed by atoms with E-state index in [9.17, 15) is 0 Å². The summed E-state index contributed by atoms with van der Waals surface area (Å²) in [7, 11) is 0. The SMILES string of the molecule is Cc1cccc(OCCCSc2ccc(N)cc2Br)c1. The van der Waals surface area contributed by atoms with E-state index >= 15 is 0 Å². The van der Waals surface area contributed by atoms with Crippen LogP contribution < -0.4 is 10.5 Å². The minimum atomic E-state index is 0.739. The Balaban J connectivity index is 1.71. The molecule has 0 aromatic heterocycles. The van der Waals surface area contributed by atoms with Crippen molar-refractivity contribution in [1.29, 1.82) is 0 Å². The van der Waals surface area contributed by atoms with Crippen LogP contribution in [0.1, 0.15) is 12.0 Å². The normalized spacial score (nSPS) is 10.5. The van der Waals surface area contributed by atoms with Crippen LogP contribution in [0.5, 0.6) is 5.75 Å². The highest BCUT2D eigenvalue weighted by Gasteiger charge is 2.01. The van der Waals surface area contributed by atoms with Gasteiger partial charge >= 0.3 is 0 Å². The summed E-state index contributed by atoms with van der Waals surface area (Å²) in [6, 6.07) is 14.1. The molecule has 2 rings (SSSR count). The minimum absolute atomic E-state index is 0.739. The lowest BCUT2D eigenvalue weighted by molar-refractivity contribution is 0.318. The van der Waals surface area contributed by atoms with Gasteiger partial charge in [-0.1, -0.05) is 12.1 Å². The zero-order valence-corrected chi connectivity index (χ0v) is 13.8. The van der Waals surface area contributed by atoms with Crippen molar-refractivity contribution >= 4 is 33.4 Å². The van der Waals surface area contributed by atoms with E-state index in [0.717, 1.165) is 34.7 Å². The molecule has 2 aromatic carbocycles. The van der Waals surface area contributed by atoms with Crippen LogP contribution in [0.2, 0.25) is 0 Å². The molecule has 4 heteroatoms. The van der Waals surface area contributed by atoms with Crippen molar-refractivity contribution in [3.05, 3.63) is 52.5 Å². The summed E-state index contributed by atoms with van der Waals surface area (Å²) in [4.78, 5) is 1.22. The molecule has 0 unspecified atom stereocenters. The summed E-state index contributed by atoms with van der Waals surface area (Å²) in [6.45, 7) is 2.81. The number of halogens is 1. The van der Waals surface area contributed by atoms with Gasteiger partial charge < -0.3 is 10.5 Å². The number of nitrogens with two attached hydrogens (primary N) is 1. The third kappa shape index (κ3) is 4.76. The Bertz CT molecular complexity index is 574. The molecule has 0 aliphatic rings. The van der Waals surface area contributed by atoms with Gasteiger partial charge in [0.25, 0.3) is 0 Å². The van der Waals surface area contributed by atoms with Crippen molar-refractivity contribution in [2.24, 2.45) is 0 Å². The number of benzene rings is 2. The van der Waals surface area contributed by atoms with Gasteiger partial charge in [-0.15, -0.1) is 11.8 Å². The molecule has 0 aliphatic carbocycles. The van der Waals surface area contributed by atoms with Crippen molar-refractivity contribution in [3.63, 3.8) is 0 Å². The van der Waals surface area contributed by atoms with Crippen LogP contribution in [0.4, 0.5) is 5.69 Å². The molecule has 0 saturated heterocycles. The summed E-state index contributed by atoms with van der Waals surface area (Å²) in [5, 5.41) is 0. The molecule has 2 aromatic rings. The molecule has 0 atom stereocenters. The van der Waals surface area contributed by atoms with Gasteiger partial charge in [0.2, 0.25) is 0 Å². The summed E-state index contributed by atoms with van der Waals surface area (Å²) in [5.41, 5.74) is 7.73. The molecule has 20 heavy (non-hydrogen) atoms. The van der Waals surface area contributed by atoms with Crippen molar-refractivity contribution in [2.45, 2.75) is 18.2 Å². The van der Waals surface area contributed by atoms with E-state index in [-0.39, 0.29) is 0 Å². The van der Waals surface area contributed by atoms with Gasteiger partial charge in [-0.05, 0) is 65.2 Å². The van der Waals surface area contributed by atoms with Crippen molar-refractivity contribution in [1.82, 2.24) is 0 Å². The number of hydrogen-bond acceptors (Lipinski definition) is 3. The molecular weight excluding hydrogens is 334 g/mol. The highest BCUT2D eigenvalue weighted by Crippen LogP contribution is 2.29. The van der Waals surface area contributed by atoms with Crippen LogP contribution in [0.15, 0.2) is 51.8 Å². The summed E-state index contributed by atoms with van der Waals surface area (Å²) in [6.07, 6.45) is 1.01. The van der Waals surface area contributed by atoms with Gasteiger partial charge in [-0.25, -0.2) is 0 Å². The maximum Gasteiger partial charge on any atom is 0.119 e. The molecule has 0 aliphatic heterocycles. The standard InChI is InChI=1S/C16H18BrNOS/c1-12-4-2-5-14(10-12)19-8-3-9-20-16-7-6-13(18)11-15(16)17/h2,4-7,10-11H,3,8-9,18H2,1H3. The second-order valence-corrected chi connectivity index (χ2v) is 6.55. The Labute approximate surface area is 132 Å². The average molecular weight is 352 g/mol. The van der Waals surface area contributed by atoms with E-state index in [4.69, 9.17) is 10.5 Å². The third-order valence-electron chi connectivity index (χ3n) is 2.76. The predicted octanol–water partition coefficient (Wildman–Crippen LogP) is 4.90. The Morgan fingerprint density at radius 1 is 1.20 bits per heavy atom. The first kappa shape index (κ1) is 15.3. The number of thioether (sulfide) groups is 1. The maximum atomic E-state index is 5.73. The quantitative estimate of drug-likeness (QED) is 0.456. The fourth-order valence-electron chi connectivity index (χ4n) is 1.77. The van der Waals surface area contributed by atoms with Crippen LogP contribution in [-0.4, -0.2) is 12.4 Å². The molecule has 2 nitrogen and oxygen atoms in total. The van der Waals surface area contributed by atoms with E-state index in [1.807, 2.05) is 42.1 Å². The van der Waals surface area contributed by atoms with Crippen LogP contribution in [0.25, 0.3) is 0 Å². The van der Waals surface area contributed by atoms with E-state index in [2.05, 4.69) is 35.0 Å². The third-order valence-corrected chi connectivity index (χ3v) is 4.84. The van der Waals surface area contributed by atoms with E-state index in [0.29, 0.717) is 0 Å². The number of rotatable bonds is 6. The zero-order chi connectivity index (χ0) is 14.4. The maximum absolute atomic E-state index is 5.73. The van der Waals surface area contributed by atoms with E-state index in [1.54, 1.807) is 0 Å². The molecule has 0 amide bonds. The monoisotopic (exact) mass is 351 g/mol. The lowest BCUT2D eigenvalue weighted by Gasteiger charge is -2.08. The topological polar surface area (TPSA) is 35.2 Å². The number of hydrogen-bond donors (Lipinski definition) is 1. The Morgan fingerprint density at radius 2 is 2.05 bits per heavy atom. The number of aryl methyl sites for hydroxylation is 1. The number of nitrogen functional groups attached to an aromatic ring is 1. The highest BCUT2D eigenvalue weighted by molar-refractivity contribution is 9.10. The Kier molecular flexibility index (Phi) is 5.80. The van der Waals surface area contributed by atoms with Gasteiger partial charge in [-0.3, -0.25) is 0 Å². The van der Waals surface area contributed by atoms with Crippen molar-refractivity contribution in [2.75, 3.05) is 18.1 Å². The van der Waals surface area contributed by atoms with Crippen molar-refractivity contribution < 1.29 is 4.74 Å². The highest BCUT2D eigenvalue weighted by atomic mass is 79.9. The minimum Gasteiger partial charge on any atom is -0.494 e. The van der Waals surface area contributed by atoms with E-state index in [1.165, 1.54) is 10.5 Å². The molecule has 0 heterocycles. The molecule has 106 valence electrons. The fourth-order valence-corrected chi connectivity index (χ4v) is 3.35. The van der Waals surface area contributed by atoms with Crippen LogP contribution >= 0.6 is 27.7 Å². The van der Waals surface area contributed by atoms with E-state index < -0.39 is 0 Å².